The number of hydrogen-bond donors (Lipinski definition) is 0. The quantitative estimate of drug-likeness (QED) is 0.813. The molecule has 0 aromatic carbocycles. The van der Waals surface area contributed by atoms with E-state index < -0.39 is 13.0 Å². The summed E-state index contributed by atoms with van der Waals surface area (Å²) in [7, 11) is 0. The highest BCUT2D eigenvalue weighted by atomic mass is 35.5. The summed E-state index contributed by atoms with van der Waals surface area (Å²) in [5, 5.41) is 0.348. The second-order valence-corrected chi connectivity index (χ2v) is 3.28. The average molecular weight is 233 g/mol. The third-order valence-corrected chi connectivity index (χ3v) is 1.96. The monoisotopic (exact) mass is 232 g/mol. The van der Waals surface area contributed by atoms with E-state index in [4.69, 9.17) is 16.3 Å². The summed E-state index contributed by atoms with van der Waals surface area (Å²) in [5.74, 6) is 0.352. The van der Waals surface area contributed by atoms with Crippen molar-refractivity contribution in [3.63, 3.8) is 0 Å². The van der Waals surface area contributed by atoms with Crippen LogP contribution in [0.1, 0.15) is 0 Å². The fourth-order valence-corrected chi connectivity index (χ4v) is 1.37. The molecule has 0 unspecified atom stereocenters. The molecular weight excluding hydrogens is 226 g/mol. The van der Waals surface area contributed by atoms with Crippen LogP contribution in [0.3, 0.4) is 0 Å². The first-order valence-corrected chi connectivity index (χ1v) is 4.58. The van der Waals surface area contributed by atoms with E-state index in [2.05, 4.69) is 4.98 Å². The third kappa shape index (κ3) is 2.36. The number of hydrogen-bond acceptors (Lipinski definition) is 2. The van der Waals surface area contributed by atoms with Crippen molar-refractivity contribution in [2.24, 2.45) is 0 Å². The second-order valence-electron chi connectivity index (χ2n) is 2.89. The van der Waals surface area contributed by atoms with E-state index in [0.717, 1.165) is 0 Å². The molecule has 2 aromatic heterocycles. The molecule has 0 bridgehead atoms. The molecule has 2 aromatic rings. The van der Waals surface area contributed by atoms with Crippen LogP contribution in [0.5, 0.6) is 5.75 Å². The van der Waals surface area contributed by atoms with Gasteiger partial charge in [0.2, 0.25) is 0 Å². The summed E-state index contributed by atoms with van der Waals surface area (Å²) in [6.07, 6.45) is 0.785. The maximum absolute atomic E-state index is 11.9. The van der Waals surface area contributed by atoms with Crippen LogP contribution in [0.4, 0.5) is 8.78 Å². The van der Waals surface area contributed by atoms with E-state index in [-0.39, 0.29) is 0 Å². The number of pyridine rings is 1. The van der Waals surface area contributed by atoms with Gasteiger partial charge in [-0.05, 0) is 6.07 Å². The molecule has 0 amide bonds. The van der Waals surface area contributed by atoms with Gasteiger partial charge in [0.25, 0.3) is 6.43 Å². The molecule has 6 heteroatoms. The molecule has 3 nitrogen and oxygen atoms in total. The summed E-state index contributed by atoms with van der Waals surface area (Å²) < 4.78 is 30.3. The van der Waals surface area contributed by atoms with E-state index in [9.17, 15) is 8.78 Å². The minimum atomic E-state index is -2.48. The third-order valence-electron chi connectivity index (χ3n) is 1.78. The predicted molar refractivity (Wildman–Crippen MR) is 51.7 cm³/mol. The first kappa shape index (κ1) is 10.2. The van der Waals surface area contributed by atoms with Crippen LogP contribution in [-0.4, -0.2) is 22.4 Å². The Bertz CT molecular complexity index is 472. The molecule has 0 N–H and O–H groups in total. The van der Waals surface area contributed by atoms with Crippen molar-refractivity contribution in [1.29, 1.82) is 0 Å². The van der Waals surface area contributed by atoms with Gasteiger partial charge >= 0.3 is 0 Å². The molecule has 0 radical (unpaired) electrons. The van der Waals surface area contributed by atoms with Crippen molar-refractivity contribution < 1.29 is 13.5 Å². The maximum Gasteiger partial charge on any atom is 0.272 e. The number of fused-ring (bicyclic) bond motifs is 1. The molecule has 2 heterocycles. The van der Waals surface area contributed by atoms with Gasteiger partial charge in [0.05, 0.1) is 0 Å². The fourth-order valence-electron chi connectivity index (χ4n) is 1.18. The Morgan fingerprint density at radius 3 is 3.07 bits per heavy atom. The van der Waals surface area contributed by atoms with Gasteiger partial charge in [-0.25, -0.2) is 13.8 Å². The molecule has 0 spiro atoms. The van der Waals surface area contributed by atoms with Crippen LogP contribution in [0, 0.1) is 0 Å². The molecule has 0 aliphatic rings. The molecule has 0 saturated carbocycles. The Kier molecular flexibility index (Phi) is 2.73. The maximum atomic E-state index is 11.9. The van der Waals surface area contributed by atoms with Gasteiger partial charge in [-0.15, -0.1) is 0 Å². The molecule has 2 rings (SSSR count). The minimum absolute atomic E-state index is 0.348. The lowest BCUT2D eigenvalue weighted by Gasteiger charge is -2.04. The van der Waals surface area contributed by atoms with Gasteiger partial charge in [0.15, 0.2) is 0 Å². The van der Waals surface area contributed by atoms with Crippen molar-refractivity contribution in [2.75, 3.05) is 6.61 Å². The summed E-state index contributed by atoms with van der Waals surface area (Å²) in [6, 6.07) is 3.13. The van der Waals surface area contributed by atoms with Crippen LogP contribution < -0.4 is 4.74 Å². The van der Waals surface area contributed by atoms with Crippen molar-refractivity contribution in [2.45, 2.75) is 6.43 Å². The summed E-state index contributed by atoms with van der Waals surface area (Å²) in [4.78, 5) is 3.96. The Labute approximate surface area is 89.2 Å². The van der Waals surface area contributed by atoms with Gasteiger partial charge < -0.3 is 9.14 Å². The van der Waals surface area contributed by atoms with E-state index in [1.807, 2.05) is 0 Å². The topological polar surface area (TPSA) is 26.5 Å². The van der Waals surface area contributed by atoms with Gasteiger partial charge in [0.1, 0.15) is 23.2 Å². The molecular formula is C9H7ClF2N2O. The zero-order valence-electron chi connectivity index (χ0n) is 7.53. The number of ether oxygens (including phenoxy) is 1. The molecule has 80 valence electrons. The lowest BCUT2D eigenvalue weighted by atomic mass is 10.4. The Morgan fingerprint density at radius 1 is 1.53 bits per heavy atom. The Hall–Kier alpha value is -1.36. The standard InChI is InChI=1S/C9H7ClF2N2O/c10-7-4-14-2-1-6(3-9(14)13-7)15-5-8(11)12/h1-4,8H,5H2. The predicted octanol–water partition coefficient (Wildman–Crippen LogP) is 2.63. The van der Waals surface area contributed by atoms with E-state index >= 15 is 0 Å². The lowest BCUT2D eigenvalue weighted by Crippen LogP contribution is -2.07. The van der Waals surface area contributed by atoms with Crippen molar-refractivity contribution in [3.8, 4) is 5.75 Å². The molecule has 0 fully saturated rings. The molecule has 0 atom stereocenters. The van der Waals surface area contributed by atoms with E-state index in [0.29, 0.717) is 16.5 Å². The van der Waals surface area contributed by atoms with Crippen molar-refractivity contribution in [1.82, 2.24) is 9.38 Å². The number of imidazole rings is 1. The first-order valence-electron chi connectivity index (χ1n) is 4.20. The van der Waals surface area contributed by atoms with Crippen LogP contribution in [-0.2, 0) is 0 Å². The fraction of sp³-hybridized carbons (Fsp3) is 0.222. The van der Waals surface area contributed by atoms with Crippen molar-refractivity contribution in [3.05, 3.63) is 29.7 Å². The highest BCUT2D eigenvalue weighted by molar-refractivity contribution is 6.29. The van der Waals surface area contributed by atoms with Gasteiger partial charge in [-0.2, -0.15) is 0 Å². The van der Waals surface area contributed by atoms with Gasteiger partial charge in [0, 0.05) is 18.5 Å². The normalized spacial score (nSPS) is 11.2. The molecule has 0 aliphatic carbocycles. The van der Waals surface area contributed by atoms with Crippen LogP contribution in [0.15, 0.2) is 24.5 Å². The van der Waals surface area contributed by atoms with Crippen molar-refractivity contribution >= 4 is 17.2 Å². The zero-order valence-corrected chi connectivity index (χ0v) is 8.29. The largest absolute Gasteiger partial charge is 0.487 e. The number of rotatable bonds is 3. The zero-order chi connectivity index (χ0) is 10.8. The van der Waals surface area contributed by atoms with Gasteiger partial charge in [-0.3, -0.25) is 0 Å². The average Bonchev–Trinajstić information content (AvgIpc) is 2.53. The number of alkyl halides is 2. The SMILES string of the molecule is FC(F)COc1ccn2cc(Cl)nc2c1. The lowest BCUT2D eigenvalue weighted by molar-refractivity contribution is 0.0819. The molecule has 0 aliphatic heterocycles. The summed E-state index contributed by atoms with van der Waals surface area (Å²) >= 11 is 5.67. The van der Waals surface area contributed by atoms with Crippen LogP contribution >= 0.6 is 11.6 Å². The first-order chi connectivity index (χ1) is 7.15. The van der Waals surface area contributed by atoms with Crippen LogP contribution in [0.25, 0.3) is 5.65 Å². The smallest absolute Gasteiger partial charge is 0.272 e. The van der Waals surface area contributed by atoms with E-state index in [1.54, 1.807) is 28.9 Å². The Morgan fingerprint density at radius 2 is 2.33 bits per heavy atom. The highest BCUT2D eigenvalue weighted by Gasteiger charge is 2.05. The van der Waals surface area contributed by atoms with E-state index in [1.165, 1.54) is 0 Å². The number of nitrogens with zero attached hydrogens (tertiary/aromatic N) is 2. The minimum Gasteiger partial charge on any atom is -0.487 e. The Balaban J connectivity index is 2.22. The number of aromatic nitrogens is 2. The highest BCUT2D eigenvalue weighted by Crippen LogP contribution is 2.17. The summed E-state index contributed by atoms with van der Waals surface area (Å²) in [6.45, 7) is -0.620. The van der Waals surface area contributed by atoms with Gasteiger partial charge in [-0.1, -0.05) is 11.6 Å². The number of halogens is 3. The molecule has 0 saturated heterocycles. The molecule has 15 heavy (non-hydrogen) atoms. The van der Waals surface area contributed by atoms with Crippen LogP contribution in [0.2, 0.25) is 5.15 Å². The summed E-state index contributed by atoms with van der Waals surface area (Å²) in [5.41, 5.74) is 0.562. The second kappa shape index (κ2) is 4.02.